The predicted octanol–water partition coefficient (Wildman–Crippen LogP) is 1.29. The third-order valence-corrected chi connectivity index (χ3v) is 2.30. The van der Waals surface area contributed by atoms with Crippen molar-refractivity contribution in [3.63, 3.8) is 0 Å². The lowest BCUT2D eigenvalue weighted by molar-refractivity contribution is 0.104. The summed E-state index contributed by atoms with van der Waals surface area (Å²) in [6.07, 6.45) is 2.05. The lowest BCUT2D eigenvalue weighted by Gasteiger charge is -2.21. The van der Waals surface area contributed by atoms with Crippen molar-refractivity contribution < 1.29 is 10.2 Å². The van der Waals surface area contributed by atoms with Gasteiger partial charge in [-0.05, 0) is 32.4 Å². The highest BCUT2D eigenvalue weighted by Gasteiger charge is 2.07. The highest BCUT2D eigenvalue weighted by atomic mass is 16.3. The fourth-order valence-electron chi connectivity index (χ4n) is 1.35. The molecular weight excluding hydrogens is 166 g/mol. The summed E-state index contributed by atoms with van der Waals surface area (Å²) in [5, 5.41) is 19.7. The second-order valence-corrected chi connectivity index (χ2v) is 3.34. The Morgan fingerprint density at radius 3 is 2.31 bits per heavy atom. The fourth-order valence-corrected chi connectivity index (χ4v) is 1.35. The van der Waals surface area contributed by atoms with Crippen LogP contribution in [-0.4, -0.2) is 42.4 Å². The van der Waals surface area contributed by atoms with Gasteiger partial charge in [-0.3, -0.25) is 0 Å². The Bertz CT molecular complexity index is 105. The Morgan fingerprint density at radius 2 is 1.85 bits per heavy atom. The lowest BCUT2D eigenvalue weighted by atomic mass is 10.1. The normalized spacial score (nSPS) is 13.6. The molecule has 1 N–H and O–H groups in total. The highest BCUT2D eigenvalue weighted by molar-refractivity contribution is 4.62. The lowest BCUT2D eigenvalue weighted by Crippen LogP contribution is -2.32. The molecule has 1 atom stereocenters. The van der Waals surface area contributed by atoms with Gasteiger partial charge < -0.3 is 10.0 Å². The van der Waals surface area contributed by atoms with Crippen LogP contribution < -0.4 is 0 Å². The minimum atomic E-state index is -0.258. The van der Waals surface area contributed by atoms with Crippen molar-refractivity contribution in [1.29, 1.82) is 0 Å². The summed E-state index contributed by atoms with van der Waals surface area (Å²) in [4.78, 5) is 2.20. The molecule has 0 aliphatic carbocycles. The molecule has 3 heteroatoms. The second kappa shape index (κ2) is 8.48. The average Bonchev–Trinajstić information content (AvgIpc) is 2.14. The predicted molar refractivity (Wildman–Crippen MR) is 53.2 cm³/mol. The number of aliphatic hydroxyl groups excluding tert-OH is 1. The van der Waals surface area contributed by atoms with Crippen molar-refractivity contribution in [1.82, 2.24) is 4.90 Å². The van der Waals surface area contributed by atoms with E-state index in [2.05, 4.69) is 18.7 Å². The molecule has 0 aromatic rings. The van der Waals surface area contributed by atoms with Crippen LogP contribution in [0.2, 0.25) is 0 Å². The quantitative estimate of drug-likeness (QED) is 0.583. The van der Waals surface area contributed by atoms with Crippen LogP contribution in [0.5, 0.6) is 0 Å². The molecule has 3 nitrogen and oxygen atoms in total. The van der Waals surface area contributed by atoms with E-state index in [1.165, 1.54) is 0 Å². The molecule has 0 saturated carbocycles. The van der Waals surface area contributed by atoms with Gasteiger partial charge in [0.1, 0.15) is 0 Å². The first-order valence-electron chi connectivity index (χ1n) is 5.23. The van der Waals surface area contributed by atoms with Crippen LogP contribution >= 0.6 is 0 Å². The number of hydrogen-bond donors (Lipinski definition) is 1. The van der Waals surface area contributed by atoms with Gasteiger partial charge in [-0.15, -0.1) is 0 Å². The Balaban J connectivity index is 3.42. The summed E-state index contributed by atoms with van der Waals surface area (Å²) < 4.78 is 0. The van der Waals surface area contributed by atoms with E-state index < -0.39 is 0 Å². The Kier molecular flexibility index (Phi) is 8.40. The molecule has 0 aromatic heterocycles. The van der Waals surface area contributed by atoms with Crippen LogP contribution in [0.1, 0.15) is 33.1 Å². The van der Waals surface area contributed by atoms with Gasteiger partial charge in [0.15, 0.2) is 0 Å². The van der Waals surface area contributed by atoms with Crippen molar-refractivity contribution in [2.45, 2.75) is 39.2 Å². The molecular formula is C10H22NO2. The van der Waals surface area contributed by atoms with Gasteiger partial charge in [0.25, 0.3) is 0 Å². The van der Waals surface area contributed by atoms with E-state index in [9.17, 15) is 10.2 Å². The Labute approximate surface area is 81.4 Å². The summed E-state index contributed by atoms with van der Waals surface area (Å²) in [6.45, 7) is 6.87. The minimum absolute atomic E-state index is 0.0159. The molecule has 1 radical (unpaired) electrons. The Hall–Kier alpha value is -0.120. The number of rotatable bonds is 8. The third-order valence-electron chi connectivity index (χ3n) is 2.30. The average molecular weight is 188 g/mol. The van der Waals surface area contributed by atoms with Gasteiger partial charge in [-0.25, -0.2) is 5.11 Å². The number of hydrogen-bond acceptors (Lipinski definition) is 2. The van der Waals surface area contributed by atoms with Gasteiger partial charge in [-0.2, -0.15) is 0 Å². The SMILES string of the molecule is CCN(CC)CC(O)CCCC[O]. The van der Waals surface area contributed by atoms with Crippen LogP contribution in [0.3, 0.4) is 0 Å². The molecule has 0 amide bonds. The smallest absolute Gasteiger partial charge is 0.0822 e. The van der Waals surface area contributed by atoms with Crippen molar-refractivity contribution in [2.24, 2.45) is 0 Å². The van der Waals surface area contributed by atoms with Crippen molar-refractivity contribution in [3.05, 3.63) is 0 Å². The van der Waals surface area contributed by atoms with E-state index >= 15 is 0 Å². The van der Waals surface area contributed by atoms with Gasteiger partial charge in [0, 0.05) is 6.54 Å². The van der Waals surface area contributed by atoms with E-state index in [1.54, 1.807) is 0 Å². The van der Waals surface area contributed by atoms with Crippen molar-refractivity contribution in [2.75, 3.05) is 26.2 Å². The molecule has 1 unspecified atom stereocenters. The maximum atomic E-state index is 10.2. The number of unbranched alkanes of at least 4 members (excludes halogenated alkanes) is 1. The molecule has 13 heavy (non-hydrogen) atoms. The van der Waals surface area contributed by atoms with Crippen LogP contribution in [-0.2, 0) is 5.11 Å². The first-order chi connectivity index (χ1) is 6.24. The van der Waals surface area contributed by atoms with Crippen molar-refractivity contribution >= 4 is 0 Å². The molecule has 0 aliphatic heterocycles. The second-order valence-electron chi connectivity index (χ2n) is 3.34. The van der Waals surface area contributed by atoms with Gasteiger partial charge in [0.05, 0.1) is 12.7 Å². The number of nitrogens with zero attached hydrogens (tertiary/aromatic N) is 1. The highest BCUT2D eigenvalue weighted by Crippen LogP contribution is 2.02. The monoisotopic (exact) mass is 188 g/mol. The molecule has 79 valence electrons. The molecule has 0 saturated heterocycles. The summed E-state index contributed by atoms with van der Waals surface area (Å²) in [5.74, 6) is 0. The zero-order valence-corrected chi connectivity index (χ0v) is 8.83. The first-order valence-corrected chi connectivity index (χ1v) is 5.23. The maximum Gasteiger partial charge on any atom is 0.0822 e. The zero-order chi connectivity index (χ0) is 10.1. The molecule has 0 aromatic carbocycles. The standard InChI is InChI=1S/C10H22NO2/c1-3-11(4-2)9-10(13)7-5-6-8-12/h10,13H,3-9H2,1-2H3. The summed E-state index contributed by atoms with van der Waals surface area (Å²) >= 11 is 0. The Morgan fingerprint density at radius 1 is 1.23 bits per heavy atom. The van der Waals surface area contributed by atoms with E-state index in [0.29, 0.717) is 6.42 Å². The van der Waals surface area contributed by atoms with Gasteiger partial charge in [0.2, 0.25) is 0 Å². The van der Waals surface area contributed by atoms with Gasteiger partial charge >= 0.3 is 0 Å². The van der Waals surface area contributed by atoms with Crippen LogP contribution in [0, 0.1) is 0 Å². The van der Waals surface area contributed by atoms with Crippen LogP contribution in [0.4, 0.5) is 0 Å². The minimum Gasteiger partial charge on any atom is -0.392 e. The van der Waals surface area contributed by atoms with E-state index in [0.717, 1.165) is 32.5 Å². The van der Waals surface area contributed by atoms with E-state index in [1.807, 2.05) is 0 Å². The largest absolute Gasteiger partial charge is 0.392 e. The van der Waals surface area contributed by atoms with E-state index in [4.69, 9.17) is 0 Å². The first kappa shape index (κ1) is 12.9. The summed E-state index contributed by atoms with van der Waals surface area (Å²) in [6, 6.07) is 0. The molecule has 0 rings (SSSR count). The zero-order valence-electron chi connectivity index (χ0n) is 8.83. The van der Waals surface area contributed by atoms with E-state index in [-0.39, 0.29) is 12.7 Å². The van der Waals surface area contributed by atoms with Crippen LogP contribution in [0.25, 0.3) is 0 Å². The number of likely N-dealkylation sites (N-methyl/N-ethyl adjacent to an activating group) is 1. The summed E-state index contributed by atoms with van der Waals surface area (Å²) in [5.41, 5.74) is 0. The topological polar surface area (TPSA) is 43.4 Å². The molecule has 0 heterocycles. The molecule has 0 aliphatic rings. The molecule has 0 spiro atoms. The number of aliphatic hydroxyl groups is 1. The maximum absolute atomic E-state index is 10.2. The van der Waals surface area contributed by atoms with Gasteiger partial charge in [-0.1, -0.05) is 13.8 Å². The molecule has 0 fully saturated rings. The fraction of sp³-hybridized carbons (Fsp3) is 1.00. The van der Waals surface area contributed by atoms with Crippen molar-refractivity contribution in [3.8, 4) is 0 Å². The van der Waals surface area contributed by atoms with Crippen LogP contribution in [0.15, 0.2) is 0 Å². The third kappa shape index (κ3) is 6.99. The summed E-state index contributed by atoms with van der Waals surface area (Å²) in [7, 11) is 0. The molecule has 0 bridgehead atoms.